The molecule has 0 aliphatic rings. The molecule has 8 nitrogen and oxygen atoms in total. The van der Waals surface area contributed by atoms with Crippen LogP contribution in [-0.2, 0) is 14.4 Å². The number of hydrogen-bond acceptors (Lipinski definition) is 5. The average Bonchev–Trinajstić information content (AvgIpc) is 2.82. The fourth-order valence-electron chi connectivity index (χ4n) is 2.90. The zero-order chi connectivity index (χ0) is 24.5. The third kappa shape index (κ3) is 7.30. The quantitative estimate of drug-likeness (QED) is 0.285. The molecule has 3 N–H and O–H groups in total. The van der Waals surface area contributed by atoms with Crippen LogP contribution in [0, 0.1) is 20.8 Å². The molecule has 174 valence electrons. The Labute approximate surface area is 198 Å². The van der Waals surface area contributed by atoms with Crippen molar-refractivity contribution in [1.82, 2.24) is 5.43 Å². The van der Waals surface area contributed by atoms with Gasteiger partial charge in [0.15, 0.2) is 6.61 Å². The number of rotatable bonds is 7. The van der Waals surface area contributed by atoms with E-state index in [9.17, 15) is 14.4 Å². The van der Waals surface area contributed by atoms with Crippen LogP contribution in [0.15, 0.2) is 71.8 Å². The van der Waals surface area contributed by atoms with Crippen molar-refractivity contribution in [1.29, 1.82) is 0 Å². The molecule has 0 fully saturated rings. The molecular weight excluding hydrogens is 432 g/mol. The van der Waals surface area contributed by atoms with Gasteiger partial charge in [-0.05, 0) is 79.9 Å². The molecule has 3 rings (SSSR count). The number of carbonyl (C=O) groups excluding carboxylic acids is 3. The minimum atomic E-state index is -0.878. The summed E-state index contributed by atoms with van der Waals surface area (Å²) >= 11 is 0. The van der Waals surface area contributed by atoms with Gasteiger partial charge in [-0.25, -0.2) is 5.43 Å². The lowest BCUT2D eigenvalue weighted by Crippen LogP contribution is -2.32. The van der Waals surface area contributed by atoms with Crippen LogP contribution in [0.4, 0.5) is 11.4 Å². The predicted molar refractivity (Wildman–Crippen MR) is 132 cm³/mol. The van der Waals surface area contributed by atoms with Crippen LogP contribution in [0.3, 0.4) is 0 Å². The second kappa shape index (κ2) is 11.4. The average molecular weight is 459 g/mol. The molecule has 0 aromatic heterocycles. The Morgan fingerprint density at radius 1 is 0.824 bits per heavy atom. The number of ether oxygens (including phenoxy) is 1. The molecule has 0 aliphatic carbocycles. The summed E-state index contributed by atoms with van der Waals surface area (Å²) in [4.78, 5) is 36.1. The molecule has 0 radical (unpaired) electrons. The monoisotopic (exact) mass is 458 g/mol. The predicted octanol–water partition coefficient (Wildman–Crippen LogP) is 3.72. The Hall–Kier alpha value is -4.46. The number of nitrogens with one attached hydrogen (secondary N) is 3. The Morgan fingerprint density at radius 2 is 1.50 bits per heavy atom. The maximum atomic E-state index is 12.1. The molecule has 0 saturated heterocycles. The minimum Gasteiger partial charge on any atom is -0.484 e. The van der Waals surface area contributed by atoms with Crippen molar-refractivity contribution in [3.8, 4) is 5.75 Å². The first-order valence-electron chi connectivity index (χ1n) is 10.6. The number of hydrazone groups is 1. The van der Waals surface area contributed by atoms with E-state index in [1.54, 1.807) is 30.3 Å². The topological polar surface area (TPSA) is 109 Å². The van der Waals surface area contributed by atoms with E-state index >= 15 is 0 Å². The van der Waals surface area contributed by atoms with Crippen LogP contribution in [0.25, 0.3) is 0 Å². The van der Waals surface area contributed by atoms with Crippen LogP contribution in [0.5, 0.6) is 5.75 Å². The largest absolute Gasteiger partial charge is 0.484 e. The number of anilines is 2. The second-order valence-electron chi connectivity index (χ2n) is 7.74. The van der Waals surface area contributed by atoms with Crippen LogP contribution in [0.1, 0.15) is 22.3 Å². The molecule has 0 saturated carbocycles. The van der Waals surface area contributed by atoms with Gasteiger partial charge in [-0.1, -0.05) is 29.8 Å². The Kier molecular flexibility index (Phi) is 8.12. The molecule has 0 atom stereocenters. The number of hydrogen-bond donors (Lipinski definition) is 3. The van der Waals surface area contributed by atoms with Crippen LogP contribution >= 0.6 is 0 Å². The summed E-state index contributed by atoms with van der Waals surface area (Å²) in [7, 11) is 0. The van der Waals surface area contributed by atoms with Gasteiger partial charge in [-0.2, -0.15) is 5.10 Å². The first-order chi connectivity index (χ1) is 16.3. The van der Waals surface area contributed by atoms with Gasteiger partial charge in [0.05, 0.1) is 6.21 Å². The van der Waals surface area contributed by atoms with Crippen molar-refractivity contribution in [3.05, 3.63) is 89.0 Å². The minimum absolute atomic E-state index is 0.132. The molecule has 8 heteroatoms. The molecule has 0 unspecified atom stereocenters. The Bertz CT molecular complexity index is 1200. The van der Waals surface area contributed by atoms with E-state index in [2.05, 4.69) is 21.2 Å². The molecule has 0 aliphatic heterocycles. The van der Waals surface area contributed by atoms with Crippen molar-refractivity contribution < 1.29 is 19.1 Å². The molecule has 3 aromatic carbocycles. The van der Waals surface area contributed by atoms with Crippen LogP contribution < -0.4 is 20.8 Å². The van der Waals surface area contributed by atoms with E-state index in [-0.39, 0.29) is 12.5 Å². The molecular formula is C26H26N4O4. The van der Waals surface area contributed by atoms with E-state index in [1.165, 1.54) is 6.21 Å². The van der Waals surface area contributed by atoms with Crippen molar-refractivity contribution in [2.24, 2.45) is 5.10 Å². The van der Waals surface area contributed by atoms with Crippen molar-refractivity contribution >= 4 is 35.3 Å². The van der Waals surface area contributed by atoms with Gasteiger partial charge in [-0.15, -0.1) is 0 Å². The molecule has 34 heavy (non-hydrogen) atoms. The highest BCUT2D eigenvalue weighted by molar-refractivity contribution is 6.39. The third-order valence-corrected chi connectivity index (χ3v) is 4.81. The van der Waals surface area contributed by atoms with Crippen molar-refractivity contribution in [2.45, 2.75) is 20.8 Å². The molecule has 0 heterocycles. The maximum Gasteiger partial charge on any atom is 0.329 e. The first-order valence-corrected chi connectivity index (χ1v) is 10.6. The highest BCUT2D eigenvalue weighted by Gasteiger charge is 2.14. The lowest BCUT2D eigenvalue weighted by atomic mass is 10.1. The molecule has 3 aromatic rings. The Morgan fingerprint density at radius 3 is 2.21 bits per heavy atom. The van der Waals surface area contributed by atoms with Crippen molar-refractivity contribution in [2.75, 3.05) is 17.2 Å². The van der Waals surface area contributed by atoms with Gasteiger partial charge in [-0.3, -0.25) is 14.4 Å². The van der Waals surface area contributed by atoms with Gasteiger partial charge in [0, 0.05) is 11.4 Å². The van der Waals surface area contributed by atoms with E-state index < -0.39 is 11.8 Å². The molecule has 0 bridgehead atoms. The lowest BCUT2D eigenvalue weighted by Gasteiger charge is -2.08. The van der Waals surface area contributed by atoms with Gasteiger partial charge in [0.25, 0.3) is 5.91 Å². The molecule has 3 amide bonds. The van der Waals surface area contributed by atoms with E-state index in [1.807, 2.05) is 57.2 Å². The fourth-order valence-corrected chi connectivity index (χ4v) is 2.90. The number of amides is 3. The summed E-state index contributed by atoms with van der Waals surface area (Å²) < 4.78 is 5.49. The summed E-state index contributed by atoms with van der Waals surface area (Å²) in [5, 5.41) is 9.15. The lowest BCUT2D eigenvalue weighted by molar-refractivity contribution is -0.136. The third-order valence-electron chi connectivity index (χ3n) is 4.81. The number of nitrogens with zero attached hydrogens (tertiary/aromatic N) is 1. The van der Waals surface area contributed by atoms with Crippen molar-refractivity contribution in [3.63, 3.8) is 0 Å². The number of carbonyl (C=O) groups is 3. The summed E-state index contributed by atoms with van der Waals surface area (Å²) in [6.45, 7) is 5.58. The SMILES string of the molecule is Cc1ccc(NC(=O)COc2ccc(/C=N\NC(=O)C(=O)Nc3cc(C)ccc3C)cc2)cc1. The summed E-state index contributed by atoms with van der Waals surface area (Å²) in [6, 6.07) is 19.8. The maximum absolute atomic E-state index is 12.1. The number of benzene rings is 3. The summed E-state index contributed by atoms with van der Waals surface area (Å²) in [6.07, 6.45) is 1.40. The zero-order valence-corrected chi connectivity index (χ0v) is 19.2. The fraction of sp³-hybridized carbons (Fsp3) is 0.154. The summed E-state index contributed by atoms with van der Waals surface area (Å²) in [5.74, 6) is -1.44. The normalized spacial score (nSPS) is 10.6. The standard InChI is InChI=1S/C26H26N4O4/c1-17-5-10-21(11-6-17)28-24(31)16-34-22-12-8-20(9-13-22)15-27-30-26(33)25(32)29-23-14-18(2)4-7-19(23)3/h4-15H,16H2,1-3H3,(H,28,31)(H,29,32)(H,30,33)/b27-15-. The molecule has 0 spiro atoms. The zero-order valence-electron chi connectivity index (χ0n) is 19.2. The second-order valence-corrected chi connectivity index (χ2v) is 7.74. The highest BCUT2D eigenvalue weighted by atomic mass is 16.5. The summed E-state index contributed by atoms with van der Waals surface area (Å²) in [5.41, 5.74) is 7.09. The van der Waals surface area contributed by atoms with Gasteiger partial charge >= 0.3 is 11.8 Å². The first kappa shape index (κ1) is 24.2. The van der Waals surface area contributed by atoms with Crippen LogP contribution in [0.2, 0.25) is 0 Å². The van der Waals surface area contributed by atoms with E-state index in [0.29, 0.717) is 22.7 Å². The van der Waals surface area contributed by atoms with E-state index in [0.717, 1.165) is 16.7 Å². The van der Waals surface area contributed by atoms with Crippen LogP contribution in [-0.4, -0.2) is 30.5 Å². The Balaban J connectivity index is 1.44. The highest BCUT2D eigenvalue weighted by Crippen LogP contribution is 2.16. The van der Waals surface area contributed by atoms with Gasteiger partial charge in [0.1, 0.15) is 5.75 Å². The van der Waals surface area contributed by atoms with Gasteiger partial charge in [0.2, 0.25) is 0 Å². The van der Waals surface area contributed by atoms with E-state index in [4.69, 9.17) is 4.74 Å². The smallest absolute Gasteiger partial charge is 0.329 e. The number of aryl methyl sites for hydroxylation is 3. The van der Waals surface area contributed by atoms with Gasteiger partial charge < -0.3 is 15.4 Å².